The van der Waals surface area contributed by atoms with Gasteiger partial charge in [-0.2, -0.15) is 4.98 Å². The van der Waals surface area contributed by atoms with Crippen molar-refractivity contribution in [3.8, 4) is 17.3 Å². The number of carboxylic acids is 1. The number of nitrogens with one attached hydrogen (secondary N) is 1. The molecule has 0 aliphatic heterocycles. The molecule has 164 valence electrons. The van der Waals surface area contributed by atoms with Crippen molar-refractivity contribution in [2.45, 2.75) is 44.3 Å². The van der Waals surface area contributed by atoms with Gasteiger partial charge < -0.3 is 19.9 Å². The first-order chi connectivity index (χ1) is 14.8. The van der Waals surface area contributed by atoms with E-state index in [0.717, 1.165) is 0 Å². The Morgan fingerprint density at radius 1 is 1.16 bits per heavy atom. The number of alkyl halides is 2. The molecule has 1 unspecified atom stereocenters. The number of halogens is 3. The third kappa shape index (κ3) is 4.62. The fourth-order valence-electron chi connectivity index (χ4n) is 3.72. The van der Waals surface area contributed by atoms with Gasteiger partial charge in [0.05, 0.1) is 22.2 Å². The van der Waals surface area contributed by atoms with Gasteiger partial charge in [-0.15, -0.1) is 0 Å². The minimum atomic E-state index is -2.87. The zero-order valence-corrected chi connectivity index (χ0v) is 17.0. The maximum atomic E-state index is 12.7. The predicted octanol–water partition coefficient (Wildman–Crippen LogP) is 4.60. The number of aliphatic hydroxyl groups is 1. The maximum absolute atomic E-state index is 12.7. The number of aliphatic carboxylic acids is 1. The first-order valence-electron chi connectivity index (χ1n) is 9.84. The number of carboxylic acid groups (broad SMARTS) is 1. The second kappa shape index (κ2) is 8.76. The maximum Gasteiger partial charge on any atom is 0.306 e. The van der Waals surface area contributed by atoms with Crippen molar-refractivity contribution in [1.29, 1.82) is 0 Å². The summed E-state index contributed by atoms with van der Waals surface area (Å²) in [5, 5.41) is 18.9. The first-order valence-corrected chi connectivity index (χ1v) is 10.2. The minimum Gasteiger partial charge on any atom is -0.481 e. The average molecular weight is 452 g/mol. The molecular weight excluding hydrogens is 432 g/mol. The first kappa shape index (κ1) is 21.5. The van der Waals surface area contributed by atoms with Crippen molar-refractivity contribution in [1.82, 2.24) is 15.0 Å². The van der Waals surface area contributed by atoms with E-state index in [4.69, 9.17) is 21.4 Å². The average Bonchev–Trinajstić information content (AvgIpc) is 3.14. The summed E-state index contributed by atoms with van der Waals surface area (Å²) in [6.45, 7) is 0. The highest BCUT2D eigenvalue weighted by Crippen LogP contribution is 2.32. The lowest BCUT2D eigenvalue weighted by Crippen LogP contribution is -2.28. The van der Waals surface area contributed by atoms with Gasteiger partial charge in [-0.05, 0) is 37.3 Å². The van der Waals surface area contributed by atoms with Crippen LogP contribution in [0.5, 0.6) is 6.01 Å². The number of fused-ring (bicyclic) bond motifs is 1. The number of H-pyrrole nitrogens is 1. The number of rotatable bonds is 6. The van der Waals surface area contributed by atoms with E-state index in [1.54, 1.807) is 18.2 Å². The number of hydrogen-bond donors (Lipinski definition) is 3. The molecule has 10 heteroatoms. The van der Waals surface area contributed by atoms with Crippen molar-refractivity contribution in [3.63, 3.8) is 0 Å². The molecule has 1 fully saturated rings. The van der Waals surface area contributed by atoms with Crippen LogP contribution in [-0.2, 0) is 4.79 Å². The molecule has 0 bridgehead atoms. The van der Waals surface area contributed by atoms with Gasteiger partial charge >= 0.3 is 5.97 Å². The van der Waals surface area contributed by atoms with Crippen LogP contribution in [0, 0.1) is 5.92 Å². The highest BCUT2D eigenvalue weighted by molar-refractivity contribution is 6.33. The molecule has 0 amide bonds. The van der Waals surface area contributed by atoms with Gasteiger partial charge in [-0.1, -0.05) is 35.9 Å². The van der Waals surface area contributed by atoms with Crippen molar-refractivity contribution in [2.24, 2.45) is 5.92 Å². The van der Waals surface area contributed by atoms with Gasteiger partial charge in [0, 0.05) is 5.56 Å². The van der Waals surface area contributed by atoms with Crippen LogP contribution in [-0.4, -0.2) is 43.7 Å². The molecule has 2 aromatic heterocycles. The third-order valence-corrected chi connectivity index (χ3v) is 5.76. The van der Waals surface area contributed by atoms with Crippen LogP contribution >= 0.6 is 11.6 Å². The SMILES string of the molecule is O=C(O)C1CCC(Oc2nc3nc(-c4ccc(C(O)C(F)F)cc4)c(Cl)cc3[nH]2)CC1. The van der Waals surface area contributed by atoms with E-state index < -0.39 is 18.5 Å². The van der Waals surface area contributed by atoms with Crippen molar-refractivity contribution in [2.75, 3.05) is 0 Å². The summed E-state index contributed by atoms with van der Waals surface area (Å²) < 4.78 is 31.2. The van der Waals surface area contributed by atoms with Crippen LogP contribution < -0.4 is 4.74 Å². The van der Waals surface area contributed by atoms with Crippen molar-refractivity contribution < 1.29 is 28.5 Å². The smallest absolute Gasteiger partial charge is 0.306 e. The zero-order chi connectivity index (χ0) is 22.1. The van der Waals surface area contributed by atoms with Gasteiger partial charge in [0.2, 0.25) is 0 Å². The van der Waals surface area contributed by atoms with E-state index >= 15 is 0 Å². The second-order valence-electron chi connectivity index (χ2n) is 7.56. The van der Waals surface area contributed by atoms with Crippen LogP contribution in [0.4, 0.5) is 8.78 Å². The number of imidazole rings is 1. The number of hydrogen-bond acceptors (Lipinski definition) is 5. The van der Waals surface area contributed by atoms with E-state index in [0.29, 0.717) is 53.1 Å². The Hall–Kier alpha value is -2.78. The summed E-state index contributed by atoms with van der Waals surface area (Å²) >= 11 is 6.36. The van der Waals surface area contributed by atoms with Gasteiger partial charge in [0.1, 0.15) is 12.2 Å². The quantitative estimate of drug-likeness (QED) is 0.505. The standard InChI is InChI=1S/C21H20ClF2N3O4/c22-14-9-15-19(26-16(14)10-1-3-11(4-2-10)17(28)18(23)24)27-21(25-15)31-13-7-5-12(6-8-13)20(29)30/h1-4,9,12-13,17-18,28H,5-8H2,(H,29,30)(H,25,26,27). The van der Waals surface area contributed by atoms with Crippen LogP contribution in [0.1, 0.15) is 37.4 Å². The number of carbonyl (C=O) groups is 1. The fourth-order valence-corrected chi connectivity index (χ4v) is 3.98. The molecular formula is C21H20ClF2N3O4. The number of aromatic nitrogens is 3. The lowest BCUT2D eigenvalue weighted by molar-refractivity contribution is -0.143. The summed E-state index contributed by atoms with van der Waals surface area (Å²) in [7, 11) is 0. The largest absolute Gasteiger partial charge is 0.481 e. The molecule has 0 saturated heterocycles. The Morgan fingerprint density at radius 2 is 1.84 bits per heavy atom. The Kier molecular flexibility index (Phi) is 6.06. The molecule has 3 aromatic rings. The number of pyridine rings is 1. The number of ether oxygens (including phenoxy) is 1. The van der Waals surface area contributed by atoms with Crippen molar-refractivity contribution in [3.05, 3.63) is 40.9 Å². The molecule has 7 nitrogen and oxygen atoms in total. The zero-order valence-electron chi connectivity index (χ0n) is 16.3. The summed E-state index contributed by atoms with van der Waals surface area (Å²) in [5.41, 5.74) is 2.07. The molecule has 0 spiro atoms. The van der Waals surface area contributed by atoms with Gasteiger partial charge in [0.25, 0.3) is 12.4 Å². The molecule has 2 heterocycles. The van der Waals surface area contributed by atoms with Gasteiger partial charge in [0.15, 0.2) is 5.65 Å². The van der Waals surface area contributed by atoms with E-state index in [1.165, 1.54) is 12.1 Å². The van der Waals surface area contributed by atoms with Gasteiger partial charge in [-0.3, -0.25) is 4.79 Å². The monoisotopic (exact) mass is 451 g/mol. The summed E-state index contributed by atoms with van der Waals surface area (Å²) in [4.78, 5) is 22.9. The molecule has 3 N–H and O–H groups in total. The van der Waals surface area contributed by atoms with E-state index in [9.17, 15) is 18.7 Å². The number of benzene rings is 1. The van der Waals surface area contributed by atoms with Crippen molar-refractivity contribution >= 4 is 28.7 Å². The summed E-state index contributed by atoms with van der Waals surface area (Å²) in [6.07, 6.45) is -2.47. The van der Waals surface area contributed by atoms with Crippen LogP contribution in [0.3, 0.4) is 0 Å². The predicted molar refractivity (Wildman–Crippen MR) is 109 cm³/mol. The number of aliphatic hydroxyl groups excluding tert-OH is 1. The highest BCUT2D eigenvalue weighted by atomic mass is 35.5. The van der Waals surface area contributed by atoms with Gasteiger partial charge in [-0.25, -0.2) is 13.8 Å². The molecule has 4 rings (SSSR count). The summed E-state index contributed by atoms with van der Waals surface area (Å²) in [5.74, 6) is -1.10. The van der Waals surface area contributed by atoms with Crippen LogP contribution in [0.25, 0.3) is 22.4 Å². The molecule has 1 aliphatic rings. The van der Waals surface area contributed by atoms with E-state index in [-0.39, 0.29) is 23.6 Å². The number of nitrogens with zero attached hydrogens (tertiary/aromatic N) is 2. The summed E-state index contributed by atoms with van der Waals surface area (Å²) in [6, 6.07) is 7.87. The van der Waals surface area contributed by atoms with Crippen LogP contribution in [0.15, 0.2) is 30.3 Å². The Labute approximate surface area is 181 Å². The Balaban J connectivity index is 1.52. The topological polar surface area (TPSA) is 108 Å². The normalized spacial score (nSPS) is 20.2. The van der Waals surface area contributed by atoms with E-state index in [2.05, 4.69) is 15.0 Å². The number of aromatic amines is 1. The lowest BCUT2D eigenvalue weighted by Gasteiger charge is -2.25. The molecule has 1 atom stereocenters. The molecule has 0 radical (unpaired) electrons. The fraction of sp³-hybridized carbons (Fsp3) is 0.381. The van der Waals surface area contributed by atoms with Crippen LogP contribution in [0.2, 0.25) is 5.02 Å². The molecule has 1 aromatic carbocycles. The Morgan fingerprint density at radius 3 is 2.45 bits per heavy atom. The molecule has 1 aliphatic carbocycles. The highest BCUT2D eigenvalue weighted by Gasteiger charge is 2.27. The molecule has 31 heavy (non-hydrogen) atoms. The third-order valence-electron chi connectivity index (χ3n) is 5.47. The van der Waals surface area contributed by atoms with E-state index in [1.807, 2.05) is 0 Å². The minimum absolute atomic E-state index is 0.101. The Bertz CT molecular complexity index is 1080. The second-order valence-corrected chi connectivity index (χ2v) is 7.97. The lowest BCUT2D eigenvalue weighted by atomic mass is 9.87. The molecule has 1 saturated carbocycles.